The van der Waals surface area contributed by atoms with Crippen molar-refractivity contribution >= 4 is 12.0 Å². The number of morpholine rings is 1. The summed E-state index contributed by atoms with van der Waals surface area (Å²) in [5.41, 5.74) is 0.975. The van der Waals surface area contributed by atoms with E-state index in [0.717, 1.165) is 5.69 Å². The molecule has 2 rings (SSSR count). The van der Waals surface area contributed by atoms with Crippen LogP contribution < -0.4 is 4.90 Å². The number of hydrogen-bond donors (Lipinski definition) is 0. The van der Waals surface area contributed by atoms with Crippen molar-refractivity contribution in [3.05, 3.63) is 29.6 Å². The lowest BCUT2D eigenvalue weighted by Crippen LogP contribution is -2.53. The first-order valence-electron chi connectivity index (χ1n) is 5.65. The molecule has 17 heavy (non-hydrogen) atoms. The minimum absolute atomic E-state index is 0.187. The van der Waals surface area contributed by atoms with Crippen LogP contribution in [0.1, 0.15) is 24.2 Å². The Balaban J connectivity index is 2.41. The zero-order chi connectivity index (χ0) is 12.5. The summed E-state index contributed by atoms with van der Waals surface area (Å²) >= 11 is 0. The molecule has 1 saturated heterocycles. The normalized spacial score (nSPS) is 19.1. The fraction of sp³-hybridized carbons (Fsp3) is 0.462. The SMILES string of the molecule is CC1(C)COCCN1c1ccc(F)cc1C=O. The molecule has 0 atom stereocenters. The molecule has 0 aromatic heterocycles. The monoisotopic (exact) mass is 237 g/mol. The number of hydrogen-bond acceptors (Lipinski definition) is 3. The molecule has 0 saturated carbocycles. The van der Waals surface area contributed by atoms with E-state index in [4.69, 9.17) is 4.74 Å². The lowest BCUT2D eigenvalue weighted by atomic mass is 10.00. The maximum Gasteiger partial charge on any atom is 0.152 e. The molecule has 0 radical (unpaired) electrons. The number of carbonyl (C=O) groups excluding carboxylic acids is 1. The van der Waals surface area contributed by atoms with Crippen LogP contribution in [0.4, 0.5) is 10.1 Å². The first-order valence-corrected chi connectivity index (χ1v) is 5.65. The van der Waals surface area contributed by atoms with Crippen LogP contribution in [0.3, 0.4) is 0 Å². The second-order valence-corrected chi connectivity index (χ2v) is 4.84. The van der Waals surface area contributed by atoms with Crippen LogP contribution in [0.5, 0.6) is 0 Å². The second-order valence-electron chi connectivity index (χ2n) is 4.84. The average Bonchev–Trinajstić information content (AvgIpc) is 2.29. The van der Waals surface area contributed by atoms with Crippen molar-refractivity contribution in [2.75, 3.05) is 24.7 Å². The minimum Gasteiger partial charge on any atom is -0.377 e. The van der Waals surface area contributed by atoms with E-state index in [0.29, 0.717) is 31.6 Å². The van der Waals surface area contributed by atoms with Gasteiger partial charge in [0.25, 0.3) is 0 Å². The van der Waals surface area contributed by atoms with Gasteiger partial charge in [0.05, 0.1) is 18.8 Å². The maximum atomic E-state index is 13.1. The summed E-state index contributed by atoms with van der Waals surface area (Å²) in [6, 6.07) is 4.31. The lowest BCUT2D eigenvalue weighted by molar-refractivity contribution is 0.0643. The Morgan fingerprint density at radius 2 is 2.24 bits per heavy atom. The van der Waals surface area contributed by atoms with Gasteiger partial charge in [-0.2, -0.15) is 0 Å². The Labute approximate surface area is 100 Å². The first-order chi connectivity index (χ1) is 8.04. The van der Waals surface area contributed by atoms with E-state index in [1.807, 2.05) is 13.8 Å². The standard InChI is InChI=1S/C13H16FNO2/c1-13(2)9-17-6-5-15(13)12-4-3-11(14)7-10(12)8-16/h3-4,7-8H,5-6,9H2,1-2H3. The molecule has 1 fully saturated rings. The Hall–Kier alpha value is -1.42. The van der Waals surface area contributed by atoms with Crippen LogP contribution in [0.2, 0.25) is 0 Å². The largest absolute Gasteiger partial charge is 0.377 e. The predicted octanol–water partition coefficient (Wildman–Crippen LogP) is 2.25. The van der Waals surface area contributed by atoms with E-state index >= 15 is 0 Å². The summed E-state index contributed by atoms with van der Waals surface area (Å²) in [5, 5.41) is 0. The van der Waals surface area contributed by atoms with Gasteiger partial charge in [-0.05, 0) is 32.0 Å². The van der Waals surface area contributed by atoms with E-state index in [9.17, 15) is 9.18 Å². The van der Waals surface area contributed by atoms with Crippen molar-refractivity contribution in [2.45, 2.75) is 19.4 Å². The molecule has 0 unspecified atom stereocenters. The van der Waals surface area contributed by atoms with Crippen LogP contribution in [0, 0.1) is 5.82 Å². The van der Waals surface area contributed by atoms with Crippen LogP contribution in [-0.4, -0.2) is 31.6 Å². The van der Waals surface area contributed by atoms with Crippen molar-refractivity contribution in [2.24, 2.45) is 0 Å². The summed E-state index contributed by atoms with van der Waals surface area (Å²) < 4.78 is 18.5. The Morgan fingerprint density at radius 3 is 2.88 bits per heavy atom. The van der Waals surface area contributed by atoms with Gasteiger partial charge in [0, 0.05) is 17.8 Å². The van der Waals surface area contributed by atoms with Gasteiger partial charge in [0.2, 0.25) is 0 Å². The summed E-state index contributed by atoms with van der Waals surface area (Å²) in [6.45, 7) is 6.02. The molecule has 1 aromatic carbocycles. The Bertz CT molecular complexity index is 431. The predicted molar refractivity (Wildman–Crippen MR) is 64.0 cm³/mol. The molecule has 1 heterocycles. The molecule has 0 spiro atoms. The molecule has 3 nitrogen and oxygen atoms in total. The highest BCUT2D eigenvalue weighted by Crippen LogP contribution is 2.29. The van der Waals surface area contributed by atoms with Gasteiger partial charge in [-0.1, -0.05) is 0 Å². The fourth-order valence-corrected chi connectivity index (χ4v) is 2.17. The molecular weight excluding hydrogens is 221 g/mol. The van der Waals surface area contributed by atoms with Crippen molar-refractivity contribution in [3.8, 4) is 0 Å². The highest BCUT2D eigenvalue weighted by atomic mass is 19.1. The zero-order valence-electron chi connectivity index (χ0n) is 10.1. The van der Waals surface area contributed by atoms with Crippen molar-refractivity contribution in [1.29, 1.82) is 0 Å². The van der Waals surface area contributed by atoms with Crippen LogP contribution in [0.15, 0.2) is 18.2 Å². The summed E-state index contributed by atoms with van der Waals surface area (Å²) in [5.74, 6) is -0.387. The van der Waals surface area contributed by atoms with Gasteiger partial charge >= 0.3 is 0 Å². The van der Waals surface area contributed by atoms with Gasteiger partial charge < -0.3 is 9.64 Å². The summed E-state index contributed by atoms with van der Waals surface area (Å²) in [7, 11) is 0. The average molecular weight is 237 g/mol. The molecule has 0 amide bonds. The van der Waals surface area contributed by atoms with Crippen LogP contribution in [-0.2, 0) is 4.74 Å². The number of halogens is 1. The topological polar surface area (TPSA) is 29.5 Å². The van der Waals surface area contributed by atoms with Gasteiger partial charge in [0.15, 0.2) is 6.29 Å². The molecule has 92 valence electrons. The summed E-state index contributed by atoms with van der Waals surface area (Å²) in [6.07, 6.45) is 0.698. The lowest BCUT2D eigenvalue weighted by Gasteiger charge is -2.44. The number of rotatable bonds is 2. The van der Waals surface area contributed by atoms with Crippen LogP contribution >= 0.6 is 0 Å². The van der Waals surface area contributed by atoms with E-state index in [2.05, 4.69) is 4.90 Å². The van der Waals surface area contributed by atoms with Crippen molar-refractivity contribution in [1.82, 2.24) is 0 Å². The molecular formula is C13H16FNO2. The van der Waals surface area contributed by atoms with E-state index in [1.54, 1.807) is 6.07 Å². The summed E-state index contributed by atoms with van der Waals surface area (Å²) in [4.78, 5) is 13.1. The Morgan fingerprint density at radius 1 is 1.47 bits per heavy atom. The second kappa shape index (κ2) is 4.45. The maximum absolute atomic E-state index is 13.1. The number of anilines is 1. The van der Waals surface area contributed by atoms with Crippen molar-refractivity contribution < 1.29 is 13.9 Å². The van der Waals surface area contributed by atoms with Gasteiger partial charge in [-0.15, -0.1) is 0 Å². The number of ether oxygens (including phenoxy) is 1. The molecule has 4 heteroatoms. The minimum atomic E-state index is -0.387. The number of carbonyl (C=O) groups is 1. The van der Waals surface area contributed by atoms with Gasteiger partial charge in [-0.25, -0.2) is 4.39 Å². The molecule has 0 aliphatic carbocycles. The smallest absolute Gasteiger partial charge is 0.152 e. The highest BCUT2D eigenvalue weighted by Gasteiger charge is 2.31. The third kappa shape index (κ3) is 2.31. The van der Waals surface area contributed by atoms with E-state index in [1.165, 1.54) is 12.1 Å². The van der Waals surface area contributed by atoms with Gasteiger partial charge in [-0.3, -0.25) is 4.79 Å². The van der Waals surface area contributed by atoms with Crippen molar-refractivity contribution in [3.63, 3.8) is 0 Å². The third-order valence-corrected chi connectivity index (χ3v) is 3.05. The van der Waals surface area contributed by atoms with Crippen LogP contribution in [0.25, 0.3) is 0 Å². The Kier molecular flexibility index (Phi) is 3.15. The molecule has 1 aliphatic rings. The highest BCUT2D eigenvalue weighted by molar-refractivity contribution is 5.85. The quantitative estimate of drug-likeness (QED) is 0.739. The number of benzene rings is 1. The van der Waals surface area contributed by atoms with E-state index in [-0.39, 0.29) is 11.4 Å². The zero-order valence-corrected chi connectivity index (χ0v) is 10.1. The number of aldehydes is 1. The number of nitrogens with zero attached hydrogens (tertiary/aromatic N) is 1. The first kappa shape index (κ1) is 12.0. The molecule has 1 aliphatic heterocycles. The molecule has 0 bridgehead atoms. The van der Waals surface area contributed by atoms with Gasteiger partial charge in [0.1, 0.15) is 5.82 Å². The van der Waals surface area contributed by atoms with E-state index < -0.39 is 0 Å². The molecule has 1 aromatic rings. The molecule has 0 N–H and O–H groups in total. The third-order valence-electron chi connectivity index (χ3n) is 3.05. The fourth-order valence-electron chi connectivity index (χ4n) is 2.17.